The number of nitrogens with zero attached hydrogens (tertiary/aromatic N) is 3. The summed E-state index contributed by atoms with van der Waals surface area (Å²) < 4.78 is 6.04. The molecule has 2 aromatic rings. The number of nitrogens with two attached hydrogens (primary N) is 1. The fourth-order valence-corrected chi connectivity index (χ4v) is 4.34. The third kappa shape index (κ3) is 3.57. The van der Waals surface area contributed by atoms with E-state index in [9.17, 15) is 5.11 Å². The summed E-state index contributed by atoms with van der Waals surface area (Å²) in [5, 5.41) is 11.2. The van der Waals surface area contributed by atoms with Gasteiger partial charge in [0, 0.05) is 29.9 Å². The summed E-state index contributed by atoms with van der Waals surface area (Å²) >= 11 is 6.03. The Hall–Kier alpha value is -2.05. The van der Waals surface area contributed by atoms with E-state index in [0.29, 0.717) is 28.6 Å². The summed E-state index contributed by atoms with van der Waals surface area (Å²) in [4.78, 5) is 10.8. The van der Waals surface area contributed by atoms with E-state index in [1.165, 1.54) is 0 Å². The number of nitrogen functional groups attached to an aromatic ring is 1. The third-order valence-corrected chi connectivity index (χ3v) is 5.59. The van der Waals surface area contributed by atoms with Crippen molar-refractivity contribution in [3.05, 3.63) is 41.0 Å². The minimum Gasteiger partial charge on any atom is -0.488 e. The van der Waals surface area contributed by atoms with E-state index >= 15 is 0 Å². The zero-order chi connectivity index (χ0) is 18.3. The highest BCUT2D eigenvalue weighted by molar-refractivity contribution is 6.30. The predicted molar refractivity (Wildman–Crippen MR) is 101 cm³/mol. The number of rotatable bonds is 3. The molecule has 2 aliphatic rings. The number of hydrogen-bond acceptors (Lipinski definition) is 6. The summed E-state index contributed by atoms with van der Waals surface area (Å²) in [5.74, 6) is 2.76. The molecular formula is C19H23ClN4O2. The van der Waals surface area contributed by atoms with Gasteiger partial charge in [-0.25, -0.2) is 4.98 Å². The topological polar surface area (TPSA) is 84.5 Å². The second kappa shape index (κ2) is 6.93. The minimum absolute atomic E-state index is 0.216. The number of benzene rings is 1. The van der Waals surface area contributed by atoms with Crippen LogP contribution in [-0.4, -0.2) is 40.4 Å². The lowest BCUT2D eigenvalue weighted by atomic mass is 9.78. The monoisotopic (exact) mass is 374 g/mol. The molecule has 1 aliphatic heterocycles. The molecule has 4 rings (SSSR count). The van der Waals surface area contributed by atoms with Crippen LogP contribution >= 0.6 is 11.6 Å². The largest absolute Gasteiger partial charge is 0.488 e. The number of halogens is 1. The Bertz CT molecular complexity index is 783. The Labute approximate surface area is 158 Å². The van der Waals surface area contributed by atoms with Gasteiger partial charge in [0.05, 0.1) is 6.10 Å². The van der Waals surface area contributed by atoms with Gasteiger partial charge in [0.15, 0.2) is 0 Å². The lowest BCUT2D eigenvalue weighted by Gasteiger charge is -2.35. The van der Waals surface area contributed by atoms with Crippen LogP contribution in [0.15, 0.2) is 30.3 Å². The van der Waals surface area contributed by atoms with Crippen molar-refractivity contribution in [1.82, 2.24) is 9.97 Å². The molecule has 1 aromatic carbocycles. The number of aromatic nitrogens is 2. The van der Waals surface area contributed by atoms with Gasteiger partial charge in [-0.1, -0.05) is 17.7 Å². The van der Waals surface area contributed by atoms with Crippen molar-refractivity contribution >= 4 is 23.4 Å². The number of ether oxygens (including phenoxy) is 1. The van der Waals surface area contributed by atoms with Gasteiger partial charge >= 0.3 is 0 Å². The molecule has 1 aromatic heterocycles. The van der Waals surface area contributed by atoms with E-state index in [-0.39, 0.29) is 6.10 Å². The van der Waals surface area contributed by atoms with Gasteiger partial charge in [-0.2, -0.15) is 4.98 Å². The molecule has 3 N–H and O–H groups in total. The smallest absolute Gasteiger partial charge is 0.222 e. The Morgan fingerprint density at radius 3 is 2.69 bits per heavy atom. The standard InChI is InChI=1S/C19H23ClN4O2/c1-11-5-18(23-19(21)22-11)24-9-12-6-16(25)17(7-13(12)10-24)26-15-4-2-3-14(20)8-15/h2-5,8,12-13,16-17,25H,6-7,9-10H2,1H3,(H2,21,22,23)/t12-,13+,16+,17+/m0/s1. The summed E-state index contributed by atoms with van der Waals surface area (Å²) in [7, 11) is 0. The first kappa shape index (κ1) is 17.4. The average Bonchev–Trinajstić information content (AvgIpc) is 2.97. The Kier molecular flexibility index (Phi) is 4.63. The van der Waals surface area contributed by atoms with Crippen LogP contribution in [0, 0.1) is 18.8 Å². The molecule has 1 saturated heterocycles. The fourth-order valence-electron chi connectivity index (χ4n) is 4.16. The van der Waals surface area contributed by atoms with E-state index in [1.807, 2.05) is 31.2 Å². The molecule has 0 spiro atoms. The van der Waals surface area contributed by atoms with Crippen LogP contribution < -0.4 is 15.4 Å². The second-order valence-electron chi connectivity index (χ2n) is 7.30. The highest BCUT2D eigenvalue weighted by atomic mass is 35.5. The van der Waals surface area contributed by atoms with Crippen LogP contribution in [0.1, 0.15) is 18.5 Å². The van der Waals surface area contributed by atoms with E-state index in [1.54, 1.807) is 6.07 Å². The molecule has 0 bridgehead atoms. The molecular weight excluding hydrogens is 352 g/mol. The van der Waals surface area contributed by atoms with Crippen LogP contribution in [0.3, 0.4) is 0 Å². The van der Waals surface area contributed by atoms with Crippen LogP contribution in [0.4, 0.5) is 11.8 Å². The zero-order valence-electron chi connectivity index (χ0n) is 14.7. The highest BCUT2D eigenvalue weighted by Crippen LogP contribution is 2.39. The molecule has 7 heteroatoms. The van der Waals surface area contributed by atoms with E-state index in [4.69, 9.17) is 22.1 Å². The Morgan fingerprint density at radius 1 is 1.19 bits per heavy atom. The van der Waals surface area contributed by atoms with Crippen molar-refractivity contribution in [3.8, 4) is 5.75 Å². The molecule has 4 atom stereocenters. The van der Waals surface area contributed by atoms with Gasteiger partial charge < -0.3 is 20.5 Å². The molecule has 0 unspecified atom stereocenters. The third-order valence-electron chi connectivity index (χ3n) is 5.35. The predicted octanol–water partition coefficient (Wildman–Crippen LogP) is 2.68. The molecule has 26 heavy (non-hydrogen) atoms. The van der Waals surface area contributed by atoms with Gasteiger partial charge in [-0.15, -0.1) is 0 Å². The van der Waals surface area contributed by atoms with Gasteiger partial charge in [0.25, 0.3) is 0 Å². The lowest BCUT2D eigenvalue weighted by molar-refractivity contribution is -0.0231. The number of aliphatic hydroxyl groups is 1. The van der Waals surface area contributed by atoms with Crippen molar-refractivity contribution < 1.29 is 9.84 Å². The van der Waals surface area contributed by atoms with E-state index in [0.717, 1.165) is 37.4 Å². The van der Waals surface area contributed by atoms with E-state index < -0.39 is 6.10 Å². The molecule has 1 saturated carbocycles. The summed E-state index contributed by atoms with van der Waals surface area (Å²) in [6, 6.07) is 9.29. The maximum Gasteiger partial charge on any atom is 0.222 e. The number of anilines is 2. The Morgan fingerprint density at radius 2 is 1.96 bits per heavy atom. The normalized spacial score (nSPS) is 28.0. The quantitative estimate of drug-likeness (QED) is 0.859. The van der Waals surface area contributed by atoms with Gasteiger partial charge in [0.1, 0.15) is 17.7 Å². The molecule has 2 heterocycles. The Balaban J connectivity index is 1.46. The van der Waals surface area contributed by atoms with Crippen molar-refractivity contribution in [2.45, 2.75) is 32.0 Å². The first-order chi connectivity index (χ1) is 12.5. The first-order valence-corrected chi connectivity index (χ1v) is 9.32. The van der Waals surface area contributed by atoms with Crippen LogP contribution in [-0.2, 0) is 0 Å². The van der Waals surface area contributed by atoms with Crippen molar-refractivity contribution in [2.24, 2.45) is 11.8 Å². The summed E-state index contributed by atoms with van der Waals surface area (Å²) in [6.07, 6.45) is 0.847. The number of aliphatic hydroxyl groups excluding tert-OH is 1. The van der Waals surface area contributed by atoms with Crippen molar-refractivity contribution in [2.75, 3.05) is 23.7 Å². The summed E-state index contributed by atoms with van der Waals surface area (Å²) in [6.45, 7) is 3.69. The van der Waals surface area contributed by atoms with Gasteiger partial charge in [-0.05, 0) is 49.8 Å². The van der Waals surface area contributed by atoms with Gasteiger partial charge in [-0.3, -0.25) is 0 Å². The van der Waals surface area contributed by atoms with Crippen molar-refractivity contribution in [3.63, 3.8) is 0 Å². The van der Waals surface area contributed by atoms with Crippen LogP contribution in [0.25, 0.3) is 0 Å². The van der Waals surface area contributed by atoms with Crippen LogP contribution in [0.5, 0.6) is 5.75 Å². The number of fused-ring (bicyclic) bond motifs is 1. The average molecular weight is 375 g/mol. The highest BCUT2D eigenvalue weighted by Gasteiger charge is 2.43. The van der Waals surface area contributed by atoms with E-state index in [2.05, 4.69) is 14.9 Å². The number of hydrogen-bond donors (Lipinski definition) is 2. The van der Waals surface area contributed by atoms with Crippen molar-refractivity contribution in [1.29, 1.82) is 0 Å². The van der Waals surface area contributed by atoms with Crippen LogP contribution in [0.2, 0.25) is 5.02 Å². The SMILES string of the molecule is Cc1cc(N2C[C@H]3C[C@@H](Oc4cccc(Cl)c4)[C@H](O)C[C@H]3C2)nc(N)n1. The lowest BCUT2D eigenvalue weighted by Crippen LogP contribution is -2.42. The van der Waals surface area contributed by atoms with Gasteiger partial charge in [0.2, 0.25) is 5.95 Å². The summed E-state index contributed by atoms with van der Waals surface area (Å²) in [5.41, 5.74) is 6.66. The molecule has 1 aliphatic carbocycles. The molecule has 6 nitrogen and oxygen atoms in total. The molecule has 2 fully saturated rings. The number of aryl methyl sites for hydroxylation is 1. The molecule has 138 valence electrons. The fraction of sp³-hybridized carbons (Fsp3) is 0.474. The molecule has 0 amide bonds. The maximum absolute atomic E-state index is 10.6. The first-order valence-electron chi connectivity index (χ1n) is 8.94. The zero-order valence-corrected chi connectivity index (χ0v) is 15.4. The maximum atomic E-state index is 10.6. The second-order valence-corrected chi connectivity index (χ2v) is 7.74. The minimum atomic E-state index is -0.479. The molecule has 0 radical (unpaired) electrons.